The maximum atomic E-state index is 13.5. The third kappa shape index (κ3) is 7.03. The van der Waals surface area contributed by atoms with Crippen LogP contribution >= 0.6 is 0 Å². The van der Waals surface area contributed by atoms with Gasteiger partial charge >= 0.3 is 6.09 Å². The van der Waals surface area contributed by atoms with E-state index in [1.165, 1.54) is 24.3 Å². The van der Waals surface area contributed by atoms with Gasteiger partial charge in [-0.2, -0.15) is 4.31 Å². The summed E-state index contributed by atoms with van der Waals surface area (Å²) in [5.74, 6) is -2.12. The van der Waals surface area contributed by atoms with Crippen molar-refractivity contribution in [2.75, 3.05) is 32.0 Å². The van der Waals surface area contributed by atoms with Gasteiger partial charge in [-0.05, 0) is 48.6 Å². The topological polar surface area (TPSA) is 140 Å². The third-order valence-electron chi connectivity index (χ3n) is 6.22. The molecule has 0 aromatic heterocycles. The maximum absolute atomic E-state index is 13.5. The van der Waals surface area contributed by atoms with E-state index in [2.05, 4.69) is 5.32 Å². The molecular weight excluding hydrogens is 510 g/mol. The van der Waals surface area contributed by atoms with E-state index in [9.17, 15) is 18.3 Å². The number of rotatable bonds is 11. The Morgan fingerprint density at radius 1 is 1.21 bits per heavy atom. The first kappa shape index (κ1) is 23.2. The average Bonchev–Trinajstić information content (AvgIpc) is 3.28. The Hall–Kier alpha value is -2.70. The monoisotopic (exact) mass is 551 g/mol. The largest absolute Gasteiger partial charge is 0.443 e. The quantitative estimate of drug-likeness (QED) is 0.362. The number of nitrogens with zero attached hydrogens (tertiary/aromatic N) is 1. The molecule has 2 aromatic rings. The molecule has 0 spiro atoms. The van der Waals surface area contributed by atoms with Gasteiger partial charge in [0.25, 0.3) is 0 Å². The summed E-state index contributed by atoms with van der Waals surface area (Å²) in [6.07, 6.45) is -6.71. The number of benzene rings is 2. The third-order valence-corrected chi connectivity index (χ3v) is 8.07. The molecule has 2 fully saturated rings. The molecule has 0 radical (unpaired) electrons. The molecule has 0 saturated carbocycles. The molecule has 2 aliphatic heterocycles. The number of anilines is 1. The van der Waals surface area contributed by atoms with E-state index in [0.29, 0.717) is 5.69 Å². The number of nitrogens with two attached hydrogens (primary N) is 1. The highest BCUT2D eigenvalue weighted by Gasteiger charge is 2.44. The molecular formula is C27H37N3O7S. The number of ether oxygens (including phenoxy) is 3. The zero-order valence-electron chi connectivity index (χ0n) is 25.4. The van der Waals surface area contributed by atoms with E-state index in [1.54, 1.807) is 30.3 Å². The van der Waals surface area contributed by atoms with Crippen LogP contribution < -0.4 is 11.1 Å². The molecule has 0 unspecified atom stereocenters. The normalized spacial score (nSPS) is 29.6. The SMILES string of the molecule is [2H]C1([2H])C[C@]2([2H])[C@@H](OC[C@]2([2H])OC(=O)N[C@@H](Cc2ccccc2)[C@H](O)CN(CC(C)C)S(=O)(=O)c2ccc(N)cc2)O1. The van der Waals surface area contributed by atoms with E-state index in [4.69, 9.17) is 25.4 Å². The van der Waals surface area contributed by atoms with Gasteiger partial charge in [-0.1, -0.05) is 44.2 Å². The highest BCUT2D eigenvalue weighted by Crippen LogP contribution is 2.33. The lowest BCUT2D eigenvalue weighted by Gasteiger charge is -2.31. The number of nitrogens with one attached hydrogen (secondary N) is 1. The number of alkyl carbamates (subject to hydrolysis) is 1. The minimum Gasteiger partial charge on any atom is -0.443 e. The summed E-state index contributed by atoms with van der Waals surface area (Å²) in [7, 11) is -4.05. The van der Waals surface area contributed by atoms with Crippen molar-refractivity contribution in [3.63, 3.8) is 0 Å². The van der Waals surface area contributed by atoms with Crippen LogP contribution in [0.15, 0.2) is 59.5 Å². The standard InChI is InChI=1S/C27H37N3O7S/c1-18(2)15-30(38(33,34)21-10-8-20(28)9-11-21)16-24(31)23(14-19-6-4-3-5-7-19)29-27(32)37-25-17-36-26-22(25)12-13-35-26/h3-11,18,22-26,31H,12-17,28H2,1-2H3,(H,29,32)/t22-,23-,24+,25-,26+/m0/s1/i13D2,22D,25D. The Bertz CT molecular complexity index is 1350. The number of sulfonamides is 1. The summed E-state index contributed by atoms with van der Waals surface area (Å²) in [4.78, 5) is 13.1. The van der Waals surface area contributed by atoms with Crippen molar-refractivity contribution >= 4 is 21.8 Å². The molecule has 0 bridgehead atoms. The number of aliphatic hydroxyl groups is 1. The van der Waals surface area contributed by atoms with E-state index in [0.717, 1.165) is 9.87 Å². The van der Waals surface area contributed by atoms with Crippen LogP contribution in [0.5, 0.6) is 0 Å². The Labute approximate surface area is 229 Å². The number of hydrogen-bond donors (Lipinski definition) is 3. The highest BCUT2D eigenvalue weighted by atomic mass is 32.2. The van der Waals surface area contributed by atoms with Crippen molar-refractivity contribution in [1.82, 2.24) is 9.62 Å². The molecule has 0 aliphatic carbocycles. The van der Waals surface area contributed by atoms with Crippen molar-refractivity contribution in [1.29, 1.82) is 0 Å². The zero-order chi connectivity index (χ0) is 30.9. The van der Waals surface area contributed by atoms with Gasteiger partial charge in [0.15, 0.2) is 6.29 Å². The van der Waals surface area contributed by atoms with Crippen LogP contribution in [0.2, 0.25) is 0 Å². The molecule has 1 amide bonds. The minimum atomic E-state index is -4.05. The van der Waals surface area contributed by atoms with Crippen molar-refractivity contribution in [3.05, 3.63) is 60.2 Å². The number of nitrogen functional groups attached to an aromatic ring is 1. The van der Waals surface area contributed by atoms with Crippen LogP contribution in [-0.4, -0.2) is 74.7 Å². The first-order valence-electron chi connectivity index (χ1n) is 14.4. The van der Waals surface area contributed by atoms with Gasteiger partial charge in [0.05, 0.1) is 40.2 Å². The first-order valence-corrected chi connectivity index (χ1v) is 13.9. The number of carbonyl (C=O) groups is 1. The summed E-state index contributed by atoms with van der Waals surface area (Å²) in [6, 6.07) is 13.6. The van der Waals surface area contributed by atoms with Gasteiger partial charge in [0, 0.05) is 20.1 Å². The predicted octanol–water partition coefficient (Wildman–Crippen LogP) is 2.38. The van der Waals surface area contributed by atoms with Crippen LogP contribution in [0.1, 0.15) is 31.3 Å². The summed E-state index contributed by atoms with van der Waals surface area (Å²) >= 11 is 0. The number of aliphatic hydroxyl groups excluding tert-OH is 1. The van der Waals surface area contributed by atoms with Crippen LogP contribution in [0.4, 0.5) is 10.5 Å². The van der Waals surface area contributed by atoms with Crippen LogP contribution in [0, 0.1) is 11.8 Å². The second-order valence-corrected chi connectivity index (χ2v) is 11.7. The predicted molar refractivity (Wildman–Crippen MR) is 142 cm³/mol. The molecule has 2 aromatic carbocycles. The molecule has 2 heterocycles. The molecule has 208 valence electrons. The van der Waals surface area contributed by atoms with Gasteiger partial charge in [0.1, 0.15) is 6.08 Å². The van der Waals surface area contributed by atoms with Gasteiger partial charge in [0.2, 0.25) is 10.0 Å². The fourth-order valence-corrected chi connectivity index (χ4v) is 5.92. The van der Waals surface area contributed by atoms with Crippen LogP contribution in [0.3, 0.4) is 0 Å². The second kappa shape index (κ2) is 12.4. The molecule has 10 nitrogen and oxygen atoms in total. The van der Waals surface area contributed by atoms with Gasteiger partial charge in [-0.15, -0.1) is 0 Å². The zero-order valence-corrected chi connectivity index (χ0v) is 22.2. The van der Waals surface area contributed by atoms with Gasteiger partial charge in [-0.3, -0.25) is 0 Å². The second-order valence-electron chi connectivity index (χ2n) is 9.71. The molecule has 4 rings (SSSR count). The molecule has 2 aliphatic rings. The Morgan fingerprint density at radius 2 is 1.92 bits per heavy atom. The number of amides is 1. The fourth-order valence-electron chi connectivity index (χ4n) is 4.30. The highest BCUT2D eigenvalue weighted by molar-refractivity contribution is 7.89. The number of fused-ring (bicyclic) bond motifs is 1. The van der Waals surface area contributed by atoms with Crippen molar-refractivity contribution in [3.8, 4) is 0 Å². The van der Waals surface area contributed by atoms with E-state index in [1.807, 2.05) is 13.8 Å². The number of hydrogen-bond acceptors (Lipinski definition) is 8. The minimum absolute atomic E-state index is 0.00264. The molecule has 5 atom stereocenters. The van der Waals surface area contributed by atoms with Crippen molar-refractivity contribution < 1.29 is 38.0 Å². The lowest BCUT2D eigenvalue weighted by atomic mass is 10.0. The van der Waals surface area contributed by atoms with Gasteiger partial charge < -0.3 is 30.4 Å². The van der Waals surface area contributed by atoms with Crippen molar-refractivity contribution in [2.45, 2.75) is 56.1 Å². The fraction of sp³-hybridized carbons (Fsp3) is 0.519. The summed E-state index contributed by atoms with van der Waals surface area (Å²) in [6.45, 7) is 0.650. The smallest absolute Gasteiger partial charge is 0.407 e. The molecule has 2 saturated heterocycles. The number of carbonyl (C=O) groups excluding carboxylic acids is 1. The Balaban J connectivity index is 1.55. The maximum Gasteiger partial charge on any atom is 0.407 e. The summed E-state index contributed by atoms with van der Waals surface area (Å²) in [5.41, 5.74) is 6.86. The summed E-state index contributed by atoms with van der Waals surface area (Å²) < 4.78 is 76.9. The van der Waals surface area contributed by atoms with Crippen LogP contribution in [-0.2, 0) is 30.7 Å². The molecule has 4 N–H and O–H groups in total. The van der Waals surface area contributed by atoms with Crippen molar-refractivity contribution in [2.24, 2.45) is 11.8 Å². The lowest BCUT2D eigenvalue weighted by molar-refractivity contribution is -0.0907. The van der Waals surface area contributed by atoms with E-state index in [-0.39, 0.29) is 30.3 Å². The Morgan fingerprint density at radius 3 is 2.61 bits per heavy atom. The first-order chi connectivity index (χ1) is 19.5. The summed E-state index contributed by atoms with van der Waals surface area (Å²) in [5, 5.41) is 13.9. The van der Waals surface area contributed by atoms with E-state index >= 15 is 0 Å². The van der Waals surface area contributed by atoms with Crippen LogP contribution in [0.25, 0.3) is 0 Å². The Kier molecular flexibility index (Phi) is 7.60. The average molecular weight is 552 g/mol. The molecule has 11 heteroatoms. The van der Waals surface area contributed by atoms with Gasteiger partial charge in [-0.25, -0.2) is 13.2 Å². The lowest BCUT2D eigenvalue weighted by Crippen LogP contribution is -2.51. The molecule has 38 heavy (non-hydrogen) atoms. The van der Waals surface area contributed by atoms with E-state index < -0.39 is 66.1 Å².